The number of phenols is 1. The van der Waals surface area contributed by atoms with E-state index in [9.17, 15) is 18.3 Å². The number of hydrogen-bond acceptors (Lipinski definition) is 8. The molecule has 0 spiro atoms. The fourth-order valence-corrected chi connectivity index (χ4v) is 3.83. The summed E-state index contributed by atoms with van der Waals surface area (Å²) in [6.45, 7) is 1.69. The number of benzene rings is 2. The Labute approximate surface area is 181 Å². The summed E-state index contributed by atoms with van der Waals surface area (Å²) < 4.78 is 42.1. The number of carbonyl (C=O) groups is 1. The summed E-state index contributed by atoms with van der Waals surface area (Å²) in [5.74, 6) is 0.0948. The molecule has 0 atom stereocenters. The molecular formula is C20H25N3O7S. The predicted octanol–water partition coefficient (Wildman–Crippen LogP) is 1.58. The zero-order valence-electron chi connectivity index (χ0n) is 17.7. The molecule has 2 N–H and O–H groups in total. The minimum atomic E-state index is -4.03. The highest BCUT2D eigenvalue weighted by molar-refractivity contribution is 7.89. The van der Waals surface area contributed by atoms with E-state index in [1.54, 1.807) is 25.1 Å². The second-order valence-electron chi connectivity index (χ2n) is 6.23. The van der Waals surface area contributed by atoms with Gasteiger partial charge in [-0.15, -0.1) is 0 Å². The number of aromatic hydroxyl groups is 1. The Bertz CT molecular complexity index is 1050. The van der Waals surface area contributed by atoms with Crippen LogP contribution >= 0.6 is 0 Å². The lowest BCUT2D eigenvalue weighted by Crippen LogP contribution is -2.36. The van der Waals surface area contributed by atoms with E-state index in [4.69, 9.17) is 14.2 Å². The van der Waals surface area contributed by atoms with Crippen molar-refractivity contribution in [2.45, 2.75) is 11.8 Å². The molecule has 31 heavy (non-hydrogen) atoms. The molecule has 0 aliphatic carbocycles. The van der Waals surface area contributed by atoms with Crippen LogP contribution in [-0.2, 0) is 14.8 Å². The number of carbonyl (C=O) groups excluding carboxylic acids is 1. The van der Waals surface area contributed by atoms with Crippen LogP contribution < -0.4 is 19.6 Å². The Morgan fingerprint density at radius 1 is 1.16 bits per heavy atom. The van der Waals surface area contributed by atoms with Gasteiger partial charge in [-0.3, -0.25) is 4.79 Å². The van der Waals surface area contributed by atoms with Crippen molar-refractivity contribution in [3.63, 3.8) is 0 Å². The van der Waals surface area contributed by atoms with Crippen molar-refractivity contribution in [1.29, 1.82) is 0 Å². The molecule has 0 aliphatic heterocycles. The molecule has 0 heterocycles. The van der Waals surface area contributed by atoms with Gasteiger partial charge in [0.2, 0.25) is 10.0 Å². The van der Waals surface area contributed by atoms with E-state index in [2.05, 4.69) is 10.5 Å². The van der Waals surface area contributed by atoms with Crippen molar-refractivity contribution < 1.29 is 32.5 Å². The van der Waals surface area contributed by atoms with Gasteiger partial charge in [-0.1, -0.05) is 0 Å². The van der Waals surface area contributed by atoms with Crippen molar-refractivity contribution in [3.8, 4) is 23.0 Å². The summed E-state index contributed by atoms with van der Waals surface area (Å²) in [6.07, 6.45) is 1.35. The van der Waals surface area contributed by atoms with Crippen LogP contribution in [0.1, 0.15) is 12.5 Å². The monoisotopic (exact) mass is 451 g/mol. The molecule has 0 radical (unpaired) electrons. The minimum Gasteiger partial charge on any atom is -0.504 e. The average molecular weight is 452 g/mol. The molecule has 2 rings (SSSR count). The van der Waals surface area contributed by atoms with Gasteiger partial charge in [-0.2, -0.15) is 9.41 Å². The highest BCUT2D eigenvalue weighted by atomic mass is 32.2. The van der Waals surface area contributed by atoms with Gasteiger partial charge in [-0.05, 0) is 42.8 Å². The number of hydrazone groups is 1. The maximum absolute atomic E-state index is 12.9. The van der Waals surface area contributed by atoms with Crippen LogP contribution in [0.2, 0.25) is 0 Å². The number of methoxy groups -OCH3 is 2. The first-order valence-electron chi connectivity index (χ1n) is 9.19. The fourth-order valence-electron chi connectivity index (χ4n) is 2.54. The Hall–Kier alpha value is -3.31. The number of likely N-dealkylation sites (N-methyl/N-ethyl adjacent to an activating group) is 1. The number of sulfonamides is 1. The molecule has 0 aromatic heterocycles. The second kappa shape index (κ2) is 10.6. The van der Waals surface area contributed by atoms with Crippen LogP contribution in [0.4, 0.5) is 0 Å². The Kier molecular flexibility index (Phi) is 8.22. The summed E-state index contributed by atoms with van der Waals surface area (Å²) in [6, 6.07) is 8.94. The molecule has 0 fully saturated rings. The first kappa shape index (κ1) is 24.0. The molecule has 10 nitrogen and oxygen atoms in total. The van der Waals surface area contributed by atoms with Crippen molar-refractivity contribution in [2.24, 2.45) is 5.10 Å². The maximum Gasteiger partial charge on any atom is 0.255 e. The molecule has 0 saturated carbocycles. The Balaban J connectivity index is 2.07. The Morgan fingerprint density at radius 2 is 1.90 bits per heavy atom. The van der Waals surface area contributed by atoms with Gasteiger partial charge in [0.05, 0.1) is 33.6 Å². The van der Waals surface area contributed by atoms with Gasteiger partial charge >= 0.3 is 0 Å². The number of nitrogens with one attached hydrogen (secondary N) is 1. The zero-order valence-corrected chi connectivity index (χ0v) is 18.5. The molecule has 0 saturated heterocycles. The lowest BCUT2D eigenvalue weighted by atomic mass is 10.2. The molecule has 1 amide bonds. The lowest BCUT2D eigenvalue weighted by molar-refractivity contribution is -0.121. The third-order valence-corrected chi connectivity index (χ3v) is 5.94. The van der Waals surface area contributed by atoms with Crippen LogP contribution in [0, 0.1) is 0 Å². The SMILES string of the molecule is CCOc1cc(C=NNC(=O)CN(C)S(=O)(=O)c2cc(OC)ccc2OC)ccc1O. The van der Waals surface area contributed by atoms with Crippen molar-refractivity contribution in [3.05, 3.63) is 42.0 Å². The number of ether oxygens (including phenoxy) is 3. The van der Waals surface area contributed by atoms with Gasteiger partial charge < -0.3 is 19.3 Å². The molecule has 0 unspecified atom stereocenters. The quantitative estimate of drug-likeness (QED) is 0.415. The third-order valence-electron chi connectivity index (χ3n) is 4.11. The molecular weight excluding hydrogens is 426 g/mol. The summed E-state index contributed by atoms with van der Waals surface area (Å²) >= 11 is 0. The minimum absolute atomic E-state index is 0.0113. The van der Waals surface area contributed by atoms with Crippen LogP contribution in [0.5, 0.6) is 23.0 Å². The number of amides is 1. The zero-order chi connectivity index (χ0) is 23.0. The van der Waals surface area contributed by atoms with E-state index in [0.29, 0.717) is 17.9 Å². The fraction of sp³-hybridized carbons (Fsp3) is 0.300. The maximum atomic E-state index is 12.9. The van der Waals surface area contributed by atoms with Crippen molar-refractivity contribution in [2.75, 3.05) is 34.4 Å². The molecule has 2 aromatic rings. The normalized spacial score (nSPS) is 11.5. The van der Waals surface area contributed by atoms with Gasteiger partial charge in [0.25, 0.3) is 5.91 Å². The molecule has 168 valence electrons. The molecule has 0 bridgehead atoms. The topological polar surface area (TPSA) is 127 Å². The number of phenolic OH excluding ortho intramolecular Hbond substituents is 1. The van der Waals surface area contributed by atoms with E-state index in [1.807, 2.05) is 0 Å². The van der Waals surface area contributed by atoms with Crippen LogP contribution in [0.25, 0.3) is 0 Å². The molecule has 11 heteroatoms. The van der Waals surface area contributed by atoms with Crippen molar-refractivity contribution in [1.82, 2.24) is 9.73 Å². The number of nitrogens with zero attached hydrogens (tertiary/aromatic N) is 2. The summed E-state index contributed by atoms with van der Waals surface area (Å²) in [4.78, 5) is 12.0. The van der Waals surface area contributed by atoms with E-state index in [-0.39, 0.29) is 22.1 Å². The summed E-state index contributed by atoms with van der Waals surface area (Å²) in [5.41, 5.74) is 2.84. The standard InChI is InChI=1S/C20H25N3O7S/c1-5-30-18-10-14(6-8-16(18)24)12-21-22-20(25)13-23(2)31(26,27)19-11-15(28-3)7-9-17(19)29-4/h6-12,24H,5,13H2,1-4H3,(H,22,25). The van der Waals surface area contributed by atoms with Crippen LogP contribution in [-0.4, -0.2) is 64.4 Å². The van der Waals surface area contributed by atoms with Crippen molar-refractivity contribution >= 4 is 22.1 Å². The van der Waals surface area contributed by atoms with E-state index < -0.39 is 22.5 Å². The van der Waals surface area contributed by atoms with Gasteiger partial charge in [-0.25, -0.2) is 13.8 Å². The highest BCUT2D eigenvalue weighted by Crippen LogP contribution is 2.30. The van der Waals surface area contributed by atoms with Gasteiger partial charge in [0, 0.05) is 13.1 Å². The third kappa shape index (κ3) is 6.09. The lowest BCUT2D eigenvalue weighted by Gasteiger charge is -2.18. The van der Waals surface area contributed by atoms with E-state index in [1.165, 1.54) is 45.7 Å². The summed E-state index contributed by atoms with van der Waals surface area (Å²) in [5, 5.41) is 13.5. The van der Waals surface area contributed by atoms with Crippen LogP contribution in [0.3, 0.4) is 0 Å². The Morgan fingerprint density at radius 3 is 2.55 bits per heavy atom. The van der Waals surface area contributed by atoms with Gasteiger partial charge in [0.1, 0.15) is 16.4 Å². The predicted molar refractivity (Wildman–Crippen MR) is 114 cm³/mol. The molecule has 0 aliphatic rings. The molecule has 2 aromatic carbocycles. The first-order valence-corrected chi connectivity index (χ1v) is 10.6. The van der Waals surface area contributed by atoms with Gasteiger partial charge in [0.15, 0.2) is 11.5 Å². The average Bonchev–Trinajstić information content (AvgIpc) is 2.75. The highest BCUT2D eigenvalue weighted by Gasteiger charge is 2.27. The number of hydrogen-bond donors (Lipinski definition) is 2. The second-order valence-corrected chi connectivity index (χ2v) is 8.24. The van der Waals surface area contributed by atoms with E-state index >= 15 is 0 Å². The largest absolute Gasteiger partial charge is 0.504 e. The smallest absolute Gasteiger partial charge is 0.255 e. The first-order chi connectivity index (χ1) is 14.7. The summed E-state index contributed by atoms with van der Waals surface area (Å²) in [7, 11) is 0.00295. The van der Waals surface area contributed by atoms with E-state index in [0.717, 1.165) is 4.31 Å². The van der Waals surface area contributed by atoms with Crippen LogP contribution in [0.15, 0.2) is 46.4 Å². The number of rotatable bonds is 10.